The number of amides is 2. The van der Waals surface area contributed by atoms with E-state index < -0.39 is 59.3 Å². The van der Waals surface area contributed by atoms with E-state index in [9.17, 15) is 41.2 Å². The number of alkyl halides is 7. The van der Waals surface area contributed by atoms with Gasteiger partial charge in [-0.2, -0.15) is 31.6 Å². The van der Waals surface area contributed by atoms with Crippen molar-refractivity contribution < 1.29 is 45.4 Å². The first-order valence-corrected chi connectivity index (χ1v) is 15.9. The molecule has 1 aliphatic heterocycles. The van der Waals surface area contributed by atoms with E-state index in [1.54, 1.807) is 60.7 Å². The summed E-state index contributed by atoms with van der Waals surface area (Å²) in [5.74, 6) is -0.240. The molecule has 3 aromatic rings. The van der Waals surface area contributed by atoms with E-state index in [4.69, 9.17) is 21.1 Å². The zero-order chi connectivity index (χ0) is 35.9. The lowest BCUT2D eigenvalue weighted by Crippen LogP contribution is -2.66. The van der Waals surface area contributed by atoms with Crippen molar-refractivity contribution in [3.05, 3.63) is 107 Å². The molecule has 0 spiro atoms. The molecule has 0 saturated carbocycles. The molecule has 0 bridgehead atoms. The highest BCUT2D eigenvalue weighted by molar-refractivity contribution is 6.17. The second kappa shape index (κ2) is 15.5. The van der Waals surface area contributed by atoms with E-state index >= 15 is 0 Å². The molecular weight excluding hydrogens is 676 g/mol. The summed E-state index contributed by atoms with van der Waals surface area (Å²) >= 11 is 5.74. The van der Waals surface area contributed by atoms with E-state index in [0.717, 1.165) is 0 Å². The van der Waals surface area contributed by atoms with Crippen LogP contribution in [0.1, 0.15) is 66.5 Å². The number of carbonyl (C=O) groups is 2. The smallest absolute Gasteiger partial charge is 0.416 e. The topological polar surface area (TPSA) is 91.7 Å². The summed E-state index contributed by atoms with van der Waals surface area (Å²) in [6.45, 7) is 0.395. The number of carbonyl (C=O) groups excluding carboxylic acids is 2. The number of rotatable bonds is 11. The molecule has 0 aromatic heterocycles. The molecule has 1 aliphatic rings. The Morgan fingerprint density at radius 1 is 0.959 bits per heavy atom. The van der Waals surface area contributed by atoms with Gasteiger partial charge in [0, 0.05) is 12.3 Å². The number of likely N-dealkylation sites (tertiary alicyclic amines) is 1. The van der Waals surface area contributed by atoms with Gasteiger partial charge in [-0.25, -0.2) is 4.79 Å². The number of piperidine rings is 1. The maximum atomic E-state index is 14.0. The van der Waals surface area contributed by atoms with Crippen LogP contribution in [0.5, 0.6) is 0 Å². The monoisotopic (exact) mass is 709 g/mol. The van der Waals surface area contributed by atoms with Crippen LogP contribution < -0.4 is 5.32 Å². The summed E-state index contributed by atoms with van der Waals surface area (Å²) < 4.78 is 93.5. The van der Waals surface area contributed by atoms with Gasteiger partial charge in [-0.1, -0.05) is 60.7 Å². The molecule has 49 heavy (non-hydrogen) atoms. The third-order valence-electron chi connectivity index (χ3n) is 8.43. The van der Waals surface area contributed by atoms with Crippen molar-refractivity contribution >= 4 is 23.6 Å². The Balaban J connectivity index is 1.74. The lowest BCUT2D eigenvalue weighted by molar-refractivity contribution is -0.143. The molecule has 3 aromatic carbocycles. The summed E-state index contributed by atoms with van der Waals surface area (Å²) in [4.78, 5) is 28.0. The van der Waals surface area contributed by atoms with Crippen molar-refractivity contribution in [2.75, 3.05) is 19.0 Å². The van der Waals surface area contributed by atoms with Crippen LogP contribution in [0.4, 0.5) is 31.1 Å². The molecule has 0 unspecified atom stereocenters. The molecule has 0 radical (unpaired) electrons. The number of nitrogens with one attached hydrogen (secondary N) is 1. The van der Waals surface area contributed by atoms with Crippen LogP contribution in [0.25, 0.3) is 0 Å². The third kappa shape index (κ3) is 9.25. The number of halogens is 7. The van der Waals surface area contributed by atoms with Gasteiger partial charge in [0.1, 0.15) is 12.1 Å². The highest BCUT2D eigenvalue weighted by Crippen LogP contribution is 2.44. The minimum atomic E-state index is -5.06. The van der Waals surface area contributed by atoms with Crippen molar-refractivity contribution in [1.29, 1.82) is 5.26 Å². The summed E-state index contributed by atoms with van der Waals surface area (Å²) in [5, 5.41) is 13.1. The first-order valence-electron chi connectivity index (χ1n) is 15.4. The van der Waals surface area contributed by atoms with Crippen LogP contribution in [-0.2, 0) is 38.8 Å². The van der Waals surface area contributed by atoms with Crippen LogP contribution in [0.2, 0.25) is 0 Å². The Kier molecular flexibility index (Phi) is 11.9. The lowest BCUT2D eigenvalue weighted by atomic mass is 9.75. The van der Waals surface area contributed by atoms with Crippen molar-refractivity contribution in [3.8, 4) is 6.07 Å². The van der Waals surface area contributed by atoms with Crippen LogP contribution in [0.15, 0.2) is 78.9 Å². The van der Waals surface area contributed by atoms with Crippen molar-refractivity contribution in [1.82, 2.24) is 10.2 Å². The lowest BCUT2D eigenvalue weighted by Gasteiger charge is -2.51. The predicted molar refractivity (Wildman–Crippen MR) is 168 cm³/mol. The van der Waals surface area contributed by atoms with E-state index in [0.29, 0.717) is 29.7 Å². The maximum absolute atomic E-state index is 14.0. The van der Waals surface area contributed by atoms with Gasteiger partial charge in [0.25, 0.3) is 0 Å². The van der Waals surface area contributed by atoms with E-state index in [2.05, 4.69) is 11.4 Å². The van der Waals surface area contributed by atoms with Gasteiger partial charge in [-0.05, 0) is 61.1 Å². The summed E-state index contributed by atoms with van der Waals surface area (Å²) in [7, 11) is 0. The quantitative estimate of drug-likeness (QED) is 0.159. The molecule has 1 fully saturated rings. The van der Waals surface area contributed by atoms with Gasteiger partial charge in [-0.15, -0.1) is 11.6 Å². The van der Waals surface area contributed by atoms with Gasteiger partial charge in [0.15, 0.2) is 0 Å². The summed E-state index contributed by atoms with van der Waals surface area (Å²) in [5.41, 5.74) is -5.15. The van der Waals surface area contributed by atoms with Gasteiger partial charge in [-0.3, -0.25) is 9.69 Å². The molecule has 1 heterocycles. The molecule has 262 valence electrons. The van der Waals surface area contributed by atoms with Gasteiger partial charge >= 0.3 is 18.4 Å². The van der Waals surface area contributed by atoms with Crippen molar-refractivity contribution in [3.63, 3.8) is 0 Å². The Morgan fingerprint density at radius 3 is 2.10 bits per heavy atom. The van der Waals surface area contributed by atoms with Gasteiger partial charge in [0.05, 0.1) is 42.0 Å². The molecule has 1 N–H and O–H groups in total. The standard InChI is InChI=1S/C35H34ClF6N3O4/c1-24(26-17-28(34(37,38)39)19-29(18-26)35(40,41)42)49-23-33(27-11-6-3-7-12-27)15-14-32(21-43,44-30(46)13-8-16-36)22-45(33)31(47)48-20-25-9-4-2-5-10-25/h2-7,9-12,17-19,24H,8,13-16,20,22-23H2,1H3,(H,44,46)/t24-,32-,33-/m1/s1. The van der Waals surface area contributed by atoms with Crippen LogP contribution in [0, 0.1) is 11.3 Å². The molecule has 4 rings (SSSR count). The Hall–Kier alpha value is -4.28. The summed E-state index contributed by atoms with van der Waals surface area (Å²) in [6, 6.07) is 20.6. The van der Waals surface area contributed by atoms with Crippen LogP contribution in [-0.4, -0.2) is 41.5 Å². The number of hydrogen-bond donors (Lipinski definition) is 1. The Morgan fingerprint density at radius 2 is 1.55 bits per heavy atom. The zero-order valence-electron chi connectivity index (χ0n) is 26.4. The fourth-order valence-corrected chi connectivity index (χ4v) is 5.86. The number of benzene rings is 3. The van der Waals surface area contributed by atoms with E-state index in [-0.39, 0.29) is 49.9 Å². The highest BCUT2D eigenvalue weighted by atomic mass is 35.5. The van der Waals surface area contributed by atoms with Crippen LogP contribution >= 0.6 is 11.6 Å². The summed E-state index contributed by atoms with van der Waals surface area (Å²) in [6.07, 6.45) is -11.9. The molecule has 1 saturated heterocycles. The first-order chi connectivity index (χ1) is 23.1. The molecule has 0 aliphatic carbocycles. The van der Waals surface area contributed by atoms with Crippen molar-refractivity contribution in [2.45, 2.75) is 68.7 Å². The second-order valence-corrected chi connectivity index (χ2v) is 12.2. The Bertz CT molecular complexity index is 1600. The average Bonchev–Trinajstić information content (AvgIpc) is 3.09. The van der Waals surface area contributed by atoms with Crippen LogP contribution in [0.3, 0.4) is 0 Å². The van der Waals surface area contributed by atoms with E-state index in [1.165, 1.54) is 11.8 Å². The largest absolute Gasteiger partial charge is 0.445 e. The Labute approximate surface area is 284 Å². The molecule has 2 amide bonds. The van der Waals surface area contributed by atoms with E-state index in [1.807, 2.05) is 0 Å². The number of ether oxygens (including phenoxy) is 2. The molecule has 7 nitrogen and oxygen atoms in total. The number of nitrogens with zero attached hydrogens (tertiary/aromatic N) is 2. The highest BCUT2D eigenvalue weighted by Gasteiger charge is 2.53. The molecule has 3 atom stereocenters. The predicted octanol–water partition coefficient (Wildman–Crippen LogP) is 8.53. The van der Waals surface area contributed by atoms with Crippen molar-refractivity contribution in [2.24, 2.45) is 0 Å². The fourth-order valence-electron chi connectivity index (χ4n) is 5.72. The second-order valence-electron chi connectivity index (χ2n) is 11.9. The maximum Gasteiger partial charge on any atom is 0.416 e. The first kappa shape index (κ1) is 37.5. The van der Waals surface area contributed by atoms with Gasteiger partial charge < -0.3 is 14.8 Å². The molecule has 14 heteroatoms. The normalized spacial score (nSPS) is 20.3. The number of nitriles is 1. The molecular formula is C35H34ClF6N3O4. The average molecular weight is 710 g/mol. The third-order valence-corrected chi connectivity index (χ3v) is 8.70. The fraction of sp³-hybridized carbons (Fsp3) is 0.400. The zero-order valence-corrected chi connectivity index (χ0v) is 27.2. The van der Waals surface area contributed by atoms with Gasteiger partial charge in [0.2, 0.25) is 5.91 Å². The SMILES string of the molecule is C[C@@H](OC[C@@]1(c2ccccc2)CC[C@](C#N)(NC(=O)CCCCl)CN1C(=O)OCc1ccccc1)c1cc(C(F)(F)F)cc(C(F)(F)F)c1. The minimum absolute atomic E-state index is 0.00388. The number of hydrogen-bond acceptors (Lipinski definition) is 5. The minimum Gasteiger partial charge on any atom is -0.445 e.